The maximum Gasteiger partial charge on any atom is 0.317 e. The number of hydrogen-bond donors (Lipinski definition) is 2. The molecule has 0 radical (unpaired) electrons. The molecule has 0 spiro atoms. The van der Waals surface area contributed by atoms with E-state index in [0.29, 0.717) is 29.4 Å². The standard InChI is InChI=1S/C23H31ClN4O2/c1-6-16(3)28(23(30)25-7-2)15-17-14-18(12-13-21(17)27(4)5)26-22(29)19-10-8-9-11-20(19)24/h8-14,16H,6-7,15H2,1-5H3,(H,25,30)(H,26,29). The molecule has 1 atom stereocenters. The van der Waals surface area contributed by atoms with Crippen molar-refractivity contribution in [1.29, 1.82) is 0 Å². The van der Waals surface area contributed by atoms with Gasteiger partial charge in [-0.2, -0.15) is 0 Å². The number of anilines is 2. The molecule has 0 saturated carbocycles. The molecule has 0 aromatic heterocycles. The Balaban J connectivity index is 2.34. The fourth-order valence-electron chi connectivity index (χ4n) is 3.15. The number of carbonyl (C=O) groups excluding carboxylic acids is 2. The van der Waals surface area contributed by atoms with Gasteiger partial charge < -0.3 is 20.4 Å². The van der Waals surface area contributed by atoms with Gasteiger partial charge in [-0.1, -0.05) is 30.7 Å². The van der Waals surface area contributed by atoms with Gasteiger partial charge in [-0.15, -0.1) is 0 Å². The van der Waals surface area contributed by atoms with Crippen molar-refractivity contribution in [3.05, 3.63) is 58.6 Å². The summed E-state index contributed by atoms with van der Waals surface area (Å²) in [7, 11) is 3.92. The summed E-state index contributed by atoms with van der Waals surface area (Å²) in [4.78, 5) is 29.1. The minimum atomic E-state index is -0.272. The highest BCUT2D eigenvalue weighted by atomic mass is 35.5. The molecule has 6 nitrogen and oxygen atoms in total. The smallest absolute Gasteiger partial charge is 0.317 e. The number of halogens is 1. The van der Waals surface area contributed by atoms with Crippen LogP contribution in [-0.2, 0) is 6.54 Å². The molecule has 0 bridgehead atoms. The first kappa shape index (κ1) is 23.5. The summed E-state index contributed by atoms with van der Waals surface area (Å²) in [5, 5.41) is 6.21. The zero-order valence-corrected chi connectivity index (χ0v) is 19.1. The predicted octanol–water partition coefficient (Wildman–Crippen LogP) is 4.99. The van der Waals surface area contributed by atoms with Gasteiger partial charge >= 0.3 is 6.03 Å². The third kappa shape index (κ3) is 5.89. The van der Waals surface area contributed by atoms with Crippen molar-refractivity contribution in [2.45, 2.75) is 39.8 Å². The molecule has 30 heavy (non-hydrogen) atoms. The molecule has 3 amide bonds. The van der Waals surface area contributed by atoms with E-state index < -0.39 is 0 Å². The zero-order chi connectivity index (χ0) is 22.3. The summed E-state index contributed by atoms with van der Waals surface area (Å²) in [6, 6.07) is 12.6. The van der Waals surface area contributed by atoms with Crippen LogP contribution >= 0.6 is 11.6 Å². The maximum absolute atomic E-state index is 12.7. The Morgan fingerprint density at radius 2 is 1.80 bits per heavy atom. The molecule has 2 aromatic rings. The highest BCUT2D eigenvalue weighted by molar-refractivity contribution is 6.34. The van der Waals surface area contributed by atoms with E-state index in [1.807, 2.05) is 55.9 Å². The van der Waals surface area contributed by atoms with Crippen LogP contribution in [0.25, 0.3) is 0 Å². The first-order chi connectivity index (χ1) is 14.3. The second-order valence-corrected chi connectivity index (χ2v) is 7.80. The second kappa shape index (κ2) is 10.9. The molecule has 1 unspecified atom stereocenters. The van der Waals surface area contributed by atoms with E-state index in [0.717, 1.165) is 17.7 Å². The molecule has 0 aliphatic heterocycles. The first-order valence-corrected chi connectivity index (χ1v) is 10.6. The Hall–Kier alpha value is -2.73. The molecule has 0 heterocycles. The third-order valence-electron chi connectivity index (χ3n) is 4.99. The minimum Gasteiger partial charge on any atom is -0.377 e. The summed E-state index contributed by atoms with van der Waals surface area (Å²) < 4.78 is 0. The molecule has 0 saturated heterocycles. The van der Waals surface area contributed by atoms with E-state index in [4.69, 9.17) is 11.6 Å². The van der Waals surface area contributed by atoms with E-state index in [-0.39, 0.29) is 18.0 Å². The monoisotopic (exact) mass is 430 g/mol. The van der Waals surface area contributed by atoms with Crippen molar-refractivity contribution >= 4 is 34.9 Å². The number of amides is 3. The van der Waals surface area contributed by atoms with Crippen LogP contribution in [0.15, 0.2) is 42.5 Å². The first-order valence-electron chi connectivity index (χ1n) is 10.2. The van der Waals surface area contributed by atoms with Crippen LogP contribution in [-0.4, -0.2) is 43.5 Å². The van der Waals surface area contributed by atoms with Crippen LogP contribution in [0.5, 0.6) is 0 Å². The van der Waals surface area contributed by atoms with Crippen LogP contribution in [0, 0.1) is 0 Å². The third-order valence-corrected chi connectivity index (χ3v) is 5.32. The van der Waals surface area contributed by atoms with E-state index in [2.05, 4.69) is 17.6 Å². The Labute approximate surface area is 184 Å². The lowest BCUT2D eigenvalue weighted by molar-refractivity contribution is 0.102. The number of hydrogen-bond acceptors (Lipinski definition) is 3. The Morgan fingerprint density at radius 3 is 2.40 bits per heavy atom. The van der Waals surface area contributed by atoms with Crippen molar-refractivity contribution in [2.24, 2.45) is 0 Å². The van der Waals surface area contributed by atoms with Gasteiger partial charge in [0.1, 0.15) is 0 Å². The van der Waals surface area contributed by atoms with Crippen LogP contribution in [0.4, 0.5) is 16.2 Å². The van der Waals surface area contributed by atoms with Gasteiger partial charge in [0.15, 0.2) is 0 Å². The molecule has 2 rings (SSSR count). The predicted molar refractivity (Wildman–Crippen MR) is 125 cm³/mol. The van der Waals surface area contributed by atoms with Gasteiger partial charge in [-0.25, -0.2) is 4.79 Å². The van der Waals surface area contributed by atoms with Gasteiger partial charge in [-0.05, 0) is 56.2 Å². The molecular formula is C23H31ClN4O2. The summed E-state index contributed by atoms with van der Waals surface area (Å²) in [6.45, 7) is 7.00. The number of urea groups is 1. The van der Waals surface area contributed by atoms with E-state index in [1.165, 1.54) is 0 Å². The quantitative estimate of drug-likeness (QED) is 0.620. The van der Waals surface area contributed by atoms with Crippen LogP contribution in [0.2, 0.25) is 5.02 Å². The summed E-state index contributed by atoms with van der Waals surface area (Å²) in [5.74, 6) is -0.272. The van der Waals surface area contributed by atoms with Crippen LogP contribution in [0.3, 0.4) is 0 Å². The normalized spacial score (nSPS) is 11.5. The summed E-state index contributed by atoms with van der Waals surface area (Å²) in [5.41, 5.74) is 3.01. The summed E-state index contributed by atoms with van der Waals surface area (Å²) in [6.07, 6.45) is 0.845. The Morgan fingerprint density at radius 1 is 1.10 bits per heavy atom. The fraction of sp³-hybridized carbons (Fsp3) is 0.391. The molecule has 2 aromatic carbocycles. The molecule has 7 heteroatoms. The van der Waals surface area contributed by atoms with Gasteiger partial charge in [0.25, 0.3) is 5.91 Å². The van der Waals surface area contributed by atoms with Crippen molar-refractivity contribution in [3.63, 3.8) is 0 Å². The topological polar surface area (TPSA) is 64.7 Å². The van der Waals surface area contributed by atoms with Crippen LogP contribution in [0.1, 0.15) is 43.1 Å². The number of nitrogens with zero attached hydrogens (tertiary/aromatic N) is 2. The van der Waals surface area contributed by atoms with Gasteiger partial charge in [0.05, 0.1) is 10.6 Å². The number of carbonyl (C=O) groups is 2. The van der Waals surface area contributed by atoms with Crippen molar-refractivity contribution in [3.8, 4) is 0 Å². The average molecular weight is 431 g/mol. The second-order valence-electron chi connectivity index (χ2n) is 7.39. The Bertz CT molecular complexity index is 885. The number of benzene rings is 2. The zero-order valence-electron chi connectivity index (χ0n) is 18.3. The molecular weight excluding hydrogens is 400 g/mol. The van der Waals surface area contributed by atoms with E-state index in [9.17, 15) is 9.59 Å². The van der Waals surface area contributed by atoms with Crippen molar-refractivity contribution in [2.75, 3.05) is 30.9 Å². The average Bonchev–Trinajstić information content (AvgIpc) is 2.71. The number of rotatable bonds is 8. The Kier molecular flexibility index (Phi) is 8.54. The highest BCUT2D eigenvalue weighted by Gasteiger charge is 2.21. The lowest BCUT2D eigenvalue weighted by Crippen LogP contribution is -2.44. The van der Waals surface area contributed by atoms with E-state index in [1.54, 1.807) is 24.3 Å². The number of nitrogens with one attached hydrogen (secondary N) is 2. The SMILES string of the molecule is CCNC(=O)N(Cc1cc(NC(=O)c2ccccc2Cl)ccc1N(C)C)C(C)CC. The highest BCUT2D eigenvalue weighted by Crippen LogP contribution is 2.26. The van der Waals surface area contributed by atoms with Gasteiger partial charge in [0.2, 0.25) is 0 Å². The van der Waals surface area contributed by atoms with Crippen molar-refractivity contribution < 1.29 is 9.59 Å². The van der Waals surface area contributed by atoms with Crippen LogP contribution < -0.4 is 15.5 Å². The maximum atomic E-state index is 12.7. The van der Waals surface area contributed by atoms with Gasteiger partial charge in [-0.3, -0.25) is 4.79 Å². The van der Waals surface area contributed by atoms with Gasteiger partial charge in [0, 0.05) is 44.6 Å². The van der Waals surface area contributed by atoms with E-state index >= 15 is 0 Å². The minimum absolute atomic E-state index is 0.0768. The van der Waals surface area contributed by atoms with Crippen molar-refractivity contribution in [1.82, 2.24) is 10.2 Å². The lowest BCUT2D eigenvalue weighted by Gasteiger charge is -2.30. The largest absolute Gasteiger partial charge is 0.377 e. The molecule has 0 aliphatic carbocycles. The molecule has 162 valence electrons. The fourth-order valence-corrected chi connectivity index (χ4v) is 3.38. The summed E-state index contributed by atoms with van der Waals surface area (Å²) >= 11 is 6.15. The molecule has 0 fully saturated rings. The molecule has 0 aliphatic rings. The lowest BCUT2D eigenvalue weighted by atomic mass is 10.1. The molecule has 2 N–H and O–H groups in total.